The number of ether oxygens (including phenoxy) is 1. The summed E-state index contributed by atoms with van der Waals surface area (Å²) in [7, 11) is 0. The van der Waals surface area contributed by atoms with Gasteiger partial charge in [-0.2, -0.15) is 5.10 Å². The second-order valence-corrected chi connectivity index (χ2v) is 5.01. The standard InChI is InChI=1S/C15H16FN3O/c1-10-3-2-4-13(15(10)16)20-14-8-7-12(18-19-14)9-17-11-5-6-11/h2-4,7-8,11,17H,5-6,9H2,1H3. The van der Waals surface area contributed by atoms with Gasteiger partial charge in [0.15, 0.2) is 11.6 Å². The Kier molecular flexibility index (Phi) is 3.60. The van der Waals surface area contributed by atoms with Crippen LogP contribution in [0.15, 0.2) is 30.3 Å². The predicted octanol–water partition coefficient (Wildman–Crippen LogP) is 2.97. The molecule has 4 nitrogen and oxygen atoms in total. The van der Waals surface area contributed by atoms with E-state index in [0.29, 0.717) is 24.0 Å². The van der Waals surface area contributed by atoms with Crippen LogP contribution in [0.3, 0.4) is 0 Å². The van der Waals surface area contributed by atoms with Crippen molar-refractivity contribution in [1.29, 1.82) is 0 Å². The third kappa shape index (κ3) is 3.11. The van der Waals surface area contributed by atoms with E-state index >= 15 is 0 Å². The highest BCUT2D eigenvalue weighted by molar-refractivity contribution is 5.32. The third-order valence-electron chi connectivity index (χ3n) is 3.22. The largest absolute Gasteiger partial charge is 0.434 e. The van der Waals surface area contributed by atoms with Gasteiger partial charge in [-0.3, -0.25) is 0 Å². The van der Waals surface area contributed by atoms with E-state index in [0.717, 1.165) is 5.69 Å². The van der Waals surface area contributed by atoms with Gasteiger partial charge in [0.25, 0.3) is 0 Å². The number of nitrogens with one attached hydrogen (secondary N) is 1. The summed E-state index contributed by atoms with van der Waals surface area (Å²) in [5.41, 5.74) is 1.40. The number of nitrogens with zero attached hydrogens (tertiary/aromatic N) is 2. The topological polar surface area (TPSA) is 47.0 Å². The summed E-state index contributed by atoms with van der Waals surface area (Å²) >= 11 is 0. The van der Waals surface area contributed by atoms with Crippen molar-refractivity contribution in [3.63, 3.8) is 0 Å². The first-order valence-electron chi connectivity index (χ1n) is 6.71. The zero-order chi connectivity index (χ0) is 13.9. The molecular formula is C15H16FN3O. The van der Waals surface area contributed by atoms with Gasteiger partial charge >= 0.3 is 0 Å². The highest BCUT2D eigenvalue weighted by Gasteiger charge is 2.20. The van der Waals surface area contributed by atoms with Crippen LogP contribution in [0, 0.1) is 12.7 Å². The van der Waals surface area contributed by atoms with E-state index in [4.69, 9.17) is 4.74 Å². The molecule has 1 aromatic carbocycles. The molecule has 1 N–H and O–H groups in total. The lowest BCUT2D eigenvalue weighted by molar-refractivity contribution is 0.419. The molecule has 20 heavy (non-hydrogen) atoms. The van der Waals surface area contributed by atoms with Gasteiger partial charge in [-0.05, 0) is 37.5 Å². The minimum Gasteiger partial charge on any atom is -0.434 e. The maximum atomic E-state index is 13.8. The van der Waals surface area contributed by atoms with Crippen molar-refractivity contribution in [2.75, 3.05) is 0 Å². The molecule has 1 saturated carbocycles. The third-order valence-corrected chi connectivity index (χ3v) is 3.22. The monoisotopic (exact) mass is 273 g/mol. The number of hydrogen-bond donors (Lipinski definition) is 1. The first-order valence-corrected chi connectivity index (χ1v) is 6.71. The summed E-state index contributed by atoms with van der Waals surface area (Å²) in [6, 6.07) is 9.20. The fourth-order valence-corrected chi connectivity index (χ4v) is 1.84. The van der Waals surface area contributed by atoms with Crippen LogP contribution < -0.4 is 10.1 Å². The van der Waals surface area contributed by atoms with Crippen LogP contribution in [0.5, 0.6) is 11.6 Å². The first kappa shape index (κ1) is 13.0. The Morgan fingerprint density at radius 3 is 2.80 bits per heavy atom. The molecule has 0 atom stereocenters. The maximum absolute atomic E-state index is 13.8. The summed E-state index contributed by atoms with van der Waals surface area (Å²) in [6.45, 7) is 2.40. The number of halogens is 1. The summed E-state index contributed by atoms with van der Waals surface area (Å²) in [5, 5.41) is 11.4. The Morgan fingerprint density at radius 2 is 2.10 bits per heavy atom. The molecule has 3 rings (SSSR count). The highest BCUT2D eigenvalue weighted by Crippen LogP contribution is 2.24. The minimum absolute atomic E-state index is 0.170. The van der Waals surface area contributed by atoms with Crippen molar-refractivity contribution >= 4 is 0 Å². The minimum atomic E-state index is -0.367. The van der Waals surface area contributed by atoms with Crippen molar-refractivity contribution < 1.29 is 9.13 Å². The Balaban J connectivity index is 1.66. The average Bonchev–Trinajstić information content (AvgIpc) is 3.27. The van der Waals surface area contributed by atoms with Gasteiger partial charge in [0.2, 0.25) is 5.88 Å². The second-order valence-electron chi connectivity index (χ2n) is 5.01. The number of aryl methyl sites for hydroxylation is 1. The molecule has 1 heterocycles. The van der Waals surface area contributed by atoms with Crippen LogP contribution in [0.2, 0.25) is 0 Å². The van der Waals surface area contributed by atoms with E-state index in [2.05, 4.69) is 15.5 Å². The zero-order valence-electron chi connectivity index (χ0n) is 11.3. The molecule has 0 amide bonds. The van der Waals surface area contributed by atoms with E-state index in [1.54, 1.807) is 31.2 Å². The molecule has 5 heteroatoms. The summed E-state index contributed by atoms with van der Waals surface area (Å²) < 4.78 is 19.2. The predicted molar refractivity (Wildman–Crippen MR) is 73.1 cm³/mol. The van der Waals surface area contributed by atoms with E-state index in [-0.39, 0.29) is 11.6 Å². The molecule has 0 aliphatic heterocycles. The molecule has 1 fully saturated rings. The molecule has 0 radical (unpaired) electrons. The van der Waals surface area contributed by atoms with Crippen LogP contribution in [0.4, 0.5) is 4.39 Å². The van der Waals surface area contributed by atoms with E-state index in [9.17, 15) is 4.39 Å². The van der Waals surface area contributed by atoms with Crippen molar-refractivity contribution in [3.8, 4) is 11.6 Å². The van der Waals surface area contributed by atoms with Crippen molar-refractivity contribution in [2.24, 2.45) is 0 Å². The van der Waals surface area contributed by atoms with Crippen LogP contribution in [-0.2, 0) is 6.54 Å². The number of rotatable bonds is 5. The van der Waals surface area contributed by atoms with Gasteiger partial charge in [-0.1, -0.05) is 12.1 Å². The smallest absolute Gasteiger partial charge is 0.239 e. The number of hydrogen-bond acceptors (Lipinski definition) is 4. The molecule has 104 valence electrons. The molecule has 1 aromatic heterocycles. The van der Waals surface area contributed by atoms with Crippen LogP contribution in [0.1, 0.15) is 24.1 Å². The SMILES string of the molecule is Cc1cccc(Oc2ccc(CNC3CC3)nn2)c1F. The van der Waals surface area contributed by atoms with E-state index < -0.39 is 0 Å². The van der Waals surface area contributed by atoms with Crippen LogP contribution >= 0.6 is 0 Å². The normalized spacial score (nSPS) is 14.3. The fraction of sp³-hybridized carbons (Fsp3) is 0.333. The maximum Gasteiger partial charge on any atom is 0.239 e. The lowest BCUT2D eigenvalue weighted by Crippen LogP contribution is -2.16. The quantitative estimate of drug-likeness (QED) is 0.909. The number of aromatic nitrogens is 2. The van der Waals surface area contributed by atoms with E-state index in [1.165, 1.54) is 12.8 Å². The lowest BCUT2D eigenvalue weighted by Gasteiger charge is -2.07. The van der Waals surface area contributed by atoms with Gasteiger partial charge in [0.1, 0.15) is 0 Å². The molecular weight excluding hydrogens is 257 g/mol. The second kappa shape index (κ2) is 5.54. The molecule has 1 aliphatic rings. The first-order chi connectivity index (χ1) is 9.72. The van der Waals surface area contributed by atoms with Gasteiger partial charge in [0.05, 0.1) is 5.69 Å². The molecule has 0 unspecified atom stereocenters. The van der Waals surface area contributed by atoms with Gasteiger partial charge in [0, 0.05) is 18.7 Å². The Hall–Kier alpha value is -2.01. The highest BCUT2D eigenvalue weighted by atomic mass is 19.1. The average molecular weight is 273 g/mol. The Bertz CT molecular complexity index is 597. The van der Waals surface area contributed by atoms with E-state index in [1.807, 2.05) is 6.07 Å². The molecule has 2 aromatic rings. The molecule has 0 bridgehead atoms. The molecule has 1 aliphatic carbocycles. The summed E-state index contributed by atoms with van der Waals surface area (Å²) in [4.78, 5) is 0. The molecule has 0 spiro atoms. The lowest BCUT2D eigenvalue weighted by atomic mass is 10.2. The number of benzene rings is 1. The zero-order valence-corrected chi connectivity index (χ0v) is 11.3. The molecule has 0 saturated heterocycles. The Labute approximate surface area is 117 Å². The van der Waals surface area contributed by atoms with Crippen LogP contribution in [-0.4, -0.2) is 16.2 Å². The summed E-state index contributed by atoms with van der Waals surface area (Å²) in [5.74, 6) is 0.0987. The van der Waals surface area contributed by atoms with Gasteiger partial charge < -0.3 is 10.1 Å². The summed E-state index contributed by atoms with van der Waals surface area (Å²) in [6.07, 6.45) is 2.47. The van der Waals surface area contributed by atoms with Crippen molar-refractivity contribution in [3.05, 3.63) is 47.4 Å². The fourth-order valence-electron chi connectivity index (χ4n) is 1.84. The van der Waals surface area contributed by atoms with Crippen molar-refractivity contribution in [2.45, 2.75) is 32.4 Å². The Morgan fingerprint density at radius 1 is 1.25 bits per heavy atom. The van der Waals surface area contributed by atoms with Crippen LogP contribution in [0.25, 0.3) is 0 Å². The van der Waals surface area contributed by atoms with Gasteiger partial charge in [-0.15, -0.1) is 5.10 Å². The van der Waals surface area contributed by atoms with Crippen molar-refractivity contribution in [1.82, 2.24) is 15.5 Å². The van der Waals surface area contributed by atoms with Gasteiger partial charge in [-0.25, -0.2) is 4.39 Å².